The fraction of sp³-hybridized carbons (Fsp3) is 0.706. The van der Waals surface area contributed by atoms with Crippen molar-refractivity contribution in [2.24, 2.45) is 23.7 Å². The summed E-state index contributed by atoms with van der Waals surface area (Å²) in [5, 5.41) is 16.1. The van der Waals surface area contributed by atoms with Gasteiger partial charge in [-0.15, -0.1) is 0 Å². The van der Waals surface area contributed by atoms with Crippen LogP contribution in [0.3, 0.4) is 0 Å². The molecule has 0 spiro atoms. The van der Waals surface area contributed by atoms with Crippen molar-refractivity contribution in [2.75, 3.05) is 67.4 Å². The molecule has 18 heteroatoms. The monoisotopic (exact) mass is 967 g/mol. The van der Waals surface area contributed by atoms with Crippen LogP contribution < -0.4 is 10.6 Å². The van der Waals surface area contributed by atoms with Gasteiger partial charge in [0, 0.05) is 46.0 Å². The summed E-state index contributed by atoms with van der Waals surface area (Å²) >= 11 is 0. The van der Waals surface area contributed by atoms with Crippen LogP contribution in [0.1, 0.15) is 91.5 Å². The van der Waals surface area contributed by atoms with Gasteiger partial charge < -0.3 is 49.4 Å². The van der Waals surface area contributed by atoms with Gasteiger partial charge >= 0.3 is 0 Å². The molecule has 2 bridgehead atoms. The molecule has 0 aromatic heterocycles. The number of benzene rings is 1. The first-order valence-corrected chi connectivity index (χ1v) is 24.9. The molecule has 384 valence electrons. The molecule has 18 nitrogen and oxygen atoms in total. The van der Waals surface area contributed by atoms with Crippen LogP contribution in [0.25, 0.3) is 0 Å². The van der Waals surface area contributed by atoms with Crippen LogP contribution in [0.2, 0.25) is 0 Å². The maximum Gasteiger partial charge on any atom is 0.253 e. The van der Waals surface area contributed by atoms with E-state index in [0.717, 1.165) is 29.7 Å². The third-order valence-corrected chi connectivity index (χ3v) is 14.7. The third kappa shape index (κ3) is 14.0. The fourth-order valence-corrected chi connectivity index (χ4v) is 10.8. The van der Waals surface area contributed by atoms with Gasteiger partial charge in [-0.1, -0.05) is 71.4 Å². The third-order valence-electron chi connectivity index (χ3n) is 14.7. The molecule has 2 saturated heterocycles. The highest BCUT2D eigenvalue weighted by Gasteiger charge is 2.52. The van der Waals surface area contributed by atoms with Gasteiger partial charge in [-0.2, -0.15) is 0 Å². The van der Waals surface area contributed by atoms with E-state index in [9.17, 15) is 38.7 Å². The molecule has 3 N–H and O–H groups in total. The van der Waals surface area contributed by atoms with E-state index in [2.05, 4.69) is 10.6 Å². The first-order valence-electron chi connectivity index (χ1n) is 24.9. The summed E-state index contributed by atoms with van der Waals surface area (Å²) in [7, 11) is 4.77. The van der Waals surface area contributed by atoms with E-state index >= 15 is 0 Å². The van der Waals surface area contributed by atoms with E-state index in [4.69, 9.17) is 18.9 Å². The van der Waals surface area contributed by atoms with Crippen LogP contribution in [0.5, 0.6) is 0 Å². The summed E-state index contributed by atoms with van der Waals surface area (Å²) < 4.78 is 23.2. The highest BCUT2D eigenvalue weighted by atomic mass is 16.5. The number of methoxy groups -OCH3 is 2. The molecular formula is C51H78N6O12. The first kappa shape index (κ1) is 55.2. The van der Waals surface area contributed by atoms with Crippen molar-refractivity contribution in [3.63, 3.8) is 0 Å². The Balaban J connectivity index is 1.18. The van der Waals surface area contributed by atoms with Gasteiger partial charge in [0.2, 0.25) is 29.5 Å². The number of piperidine rings is 1. The number of nitrogens with one attached hydrogen (secondary N) is 2. The quantitative estimate of drug-likeness (QED) is 0.0817. The highest BCUT2D eigenvalue weighted by molar-refractivity contribution is 6.12. The van der Waals surface area contributed by atoms with E-state index in [1.165, 1.54) is 19.3 Å². The van der Waals surface area contributed by atoms with Crippen molar-refractivity contribution in [1.29, 1.82) is 0 Å². The van der Waals surface area contributed by atoms with Crippen molar-refractivity contribution in [1.82, 2.24) is 30.2 Å². The van der Waals surface area contributed by atoms with E-state index < -0.39 is 42.3 Å². The van der Waals surface area contributed by atoms with Crippen molar-refractivity contribution in [2.45, 2.75) is 141 Å². The number of carbonyl (C=O) groups excluding carboxylic acids is 7. The Labute approximate surface area is 408 Å². The number of ether oxygens (including phenoxy) is 4. The Morgan fingerprint density at radius 1 is 0.870 bits per heavy atom. The van der Waals surface area contributed by atoms with Crippen molar-refractivity contribution >= 4 is 41.4 Å². The van der Waals surface area contributed by atoms with Gasteiger partial charge in [0.1, 0.15) is 12.1 Å². The maximum atomic E-state index is 14.7. The predicted molar refractivity (Wildman–Crippen MR) is 256 cm³/mol. The zero-order valence-electron chi connectivity index (χ0n) is 42.0. The van der Waals surface area contributed by atoms with Crippen LogP contribution in [0.15, 0.2) is 42.5 Å². The summed E-state index contributed by atoms with van der Waals surface area (Å²) in [6.45, 7) is 10.6. The second-order valence-electron chi connectivity index (χ2n) is 19.5. The van der Waals surface area contributed by atoms with E-state index in [-0.39, 0.29) is 124 Å². The Bertz CT molecular complexity index is 1920. The molecule has 4 aliphatic rings. The van der Waals surface area contributed by atoms with E-state index in [0.29, 0.717) is 32.2 Å². The smallest absolute Gasteiger partial charge is 0.253 e. The minimum absolute atomic E-state index is 0.0288. The number of likely N-dealkylation sites (N-methyl/N-ethyl adjacent to an activating group) is 1. The summed E-state index contributed by atoms with van der Waals surface area (Å²) in [4.78, 5) is 100. The van der Waals surface area contributed by atoms with Crippen molar-refractivity contribution in [3.05, 3.63) is 48.0 Å². The molecule has 3 aliphatic heterocycles. The average Bonchev–Trinajstić information content (AvgIpc) is 4.17. The Kier molecular flexibility index (Phi) is 21.2. The minimum Gasteiger partial charge on any atom is -0.394 e. The summed E-state index contributed by atoms with van der Waals surface area (Å²) in [6, 6.07) is 6.50. The number of likely N-dealkylation sites (tertiary alicyclic amines) is 2. The molecule has 1 aromatic rings. The Morgan fingerprint density at radius 2 is 1.55 bits per heavy atom. The molecule has 69 heavy (non-hydrogen) atoms. The van der Waals surface area contributed by atoms with Crippen LogP contribution in [-0.2, 0) is 58.9 Å². The molecule has 5 rings (SSSR count). The number of nitrogens with zero attached hydrogens (tertiary/aromatic N) is 4. The van der Waals surface area contributed by atoms with E-state index in [1.54, 1.807) is 35.8 Å². The number of rotatable bonds is 28. The number of fused-ring (bicyclic) bond motifs is 2. The molecule has 3 fully saturated rings. The van der Waals surface area contributed by atoms with Crippen LogP contribution in [0, 0.1) is 23.7 Å². The lowest BCUT2D eigenvalue weighted by molar-refractivity contribution is -0.149. The molecular weight excluding hydrogens is 889 g/mol. The molecule has 0 radical (unpaired) electrons. The van der Waals surface area contributed by atoms with Crippen LogP contribution in [0.4, 0.5) is 0 Å². The van der Waals surface area contributed by atoms with Gasteiger partial charge in [-0.3, -0.25) is 38.5 Å². The molecule has 11 atom stereocenters. The van der Waals surface area contributed by atoms with Gasteiger partial charge in [-0.25, -0.2) is 0 Å². The molecule has 1 aliphatic carbocycles. The lowest BCUT2D eigenvalue weighted by atomic mass is 9.89. The maximum absolute atomic E-state index is 14.7. The normalized spacial score (nSPS) is 23.0. The van der Waals surface area contributed by atoms with Gasteiger partial charge in [-0.05, 0) is 61.8 Å². The zero-order chi connectivity index (χ0) is 50.4. The van der Waals surface area contributed by atoms with Crippen molar-refractivity contribution < 1.29 is 57.6 Å². The highest BCUT2D eigenvalue weighted by Crippen LogP contribution is 2.43. The first-order chi connectivity index (χ1) is 33.1. The van der Waals surface area contributed by atoms with Gasteiger partial charge in [0.15, 0.2) is 0 Å². The number of imide groups is 1. The molecule has 7 amide bonds. The van der Waals surface area contributed by atoms with E-state index in [1.807, 2.05) is 58.0 Å². The molecule has 3 heterocycles. The fourth-order valence-electron chi connectivity index (χ4n) is 10.8. The summed E-state index contributed by atoms with van der Waals surface area (Å²) in [5.41, 5.74) is 0.987. The largest absolute Gasteiger partial charge is 0.394 e. The van der Waals surface area contributed by atoms with Crippen LogP contribution >= 0.6 is 0 Å². The number of hydrogen-bond acceptors (Lipinski definition) is 12. The lowest BCUT2D eigenvalue weighted by Gasteiger charge is -2.41. The average molecular weight is 967 g/mol. The number of aliphatic hydroxyl groups is 1. The van der Waals surface area contributed by atoms with Gasteiger partial charge in [0.25, 0.3) is 11.8 Å². The topological polar surface area (TPSA) is 214 Å². The molecule has 1 saturated carbocycles. The second kappa shape index (κ2) is 26.5. The number of amides is 7. The SMILES string of the molecule is CC[C@H](C)[C@@H]([C@@H](CC(=O)N1CCC[C@H]1[C@H](OC)[C@@H](C)C(=O)N[C@H](CO)Cc1ccccc1)OC)N(C)C(=O)[C@@H](NC(=O)[C@@H]1[C@H]2CC[C@H](C2)N1C(=O)CCOCCOCCN1C(=O)C=CC1=O)C(C)C. The summed E-state index contributed by atoms with van der Waals surface area (Å²) in [6.07, 6.45) is 5.99. The second-order valence-corrected chi connectivity index (χ2v) is 19.5. The number of carbonyl (C=O) groups is 7. The van der Waals surface area contributed by atoms with Crippen molar-refractivity contribution in [3.8, 4) is 0 Å². The lowest BCUT2D eigenvalue weighted by Crippen LogP contribution is -2.60. The van der Waals surface area contributed by atoms with Gasteiger partial charge in [0.05, 0.1) is 88.7 Å². The minimum atomic E-state index is -0.921. The Hall–Kier alpha value is -4.75. The number of aliphatic hydroxyl groups excluding tert-OH is 1. The Morgan fingerprint density at radius 3 is 2.17 bits per heavy atom. The molecule has 1 aromatic carbocycles. The number of hydrogen-bond donors (Lipinski definition) is 3. The molecule has 0 unspecified atom stereocenters. The predicted octanol–water partition coefficient (Wildman–Crippen LogP) is 2.50. The summed E-state index contributed by atoms with van der Waals surface area (Å²) in [5.74, 6) is -3.15. The standard InChI is InChI=1S/C51H78N6O12/c1-9-33(4)46(40(66-7)30-44(62)55-22-13-16-39(55)48(67-8)34(5)49(63)52-37(31-58)28-35-14-11-10-12-15-35)54(6)51(65)45(32(2)3)53-50(64)47-36-17-18-38(29-36)57(47)43(61)21-24-68-26-27-69-25-23-56-41(59)19-20-42(56)60/h10-12,14-15,19-20,32-34,36-40,45-48,58H,9,13,16-18,21-31H2,1-8H3,(H,52,63)(H,53,64)/t33-,34+,36-,37-,38+,39-,40+,45-,46-,47-,48+/m0/s1. The van der Waals surface area contributed by atoms with Crippen LogP contribution in [-0.4, -0.2) is 182 Å². The zero-order valence-corrected chi connectivity index (χ0v) is 42.0.